The van der Waals surface area contributed by atoms with Gasteiger partial charge in [-0.3, -0.25) is 14.6 Å². The number of aryl methyl sites for hydroxylation is 1. The summed E-state index contributed by atoms with van der Waals surface area (Å²) < 4.78 is 5.32. The molecule has 3 aromatic rings. The van der Waals surface area contributed by atoms with Crippen LogP contribution in [-0.4, -0.2) is 39.9 Å². The lowest BCUT2D eigenvalue weighted by Gasteiger charge is -2.32. The van der Waals surface area contributed by atoms with Gasteiger partial charge in [-0.1, -0.05) is 37.2 Å². The number of amides is 2. The number of nitrogens with zero attached hydrogens (tertiary/aromatic N) is 3. The first-order valence-electron chi connectivity index (χ1n) is 11.0. The van der Waals surface area contributed by atoms with E-state index in [4.69, 9.17) is 10.3 Å². The van der Waals surface area contributed by atoms with E-state index in [0.29, 0.717) is 23.4 Å². The Morgan fingerprint density at radius 1 is 1.19 bits per heavy atom. The summed E-state index contributed by atoms with van der Waals surface area (Å²) in [5.74, 6) is 0.390. The van der Waals surface area contributed by atoms with Gasteiger partial charge in [0.2, 0.25) is 5.91 Å². The molecular formula is C25H28N4O3. The van der Waals surface area contributed by atoms with Crippen molar-refractivity contribution in [2.75, 3.05) is 13.1 Å². The number of hydrogen-bond donors (Lipinski definition) is 1. The van der Waals surface area contributed by atoms with E-state index in [1.54, 1.807) is 19.1 Å². The fourth-order valence-corrected chi connectivity index (χ4v) is 4.27. The highest BCUT2D eigenvalue weighted by Gasteiger charge is 2.31. The highest BCUT2D eigenvalue weighted by atomic mass is 16.5. The lowest BCUT2D eigenvalue weighted by molar-refractivity contribution is 0.0702. The van der Waals surface area contributed by atoms with Crippen LogP contribution in [0, 0.1) is 6.92 Å². The predicted octanol–water partition coefficient (Wildman–Crippen LogP) is 4.29. The normalized spacial score (nSPS) is 16.4. The van der Waals surface area contributed by atoms with E-state index in [1.165, 1.54) is 0 Å². The zero-order valence-electron chi connectivity index (χ0n) is 18.7. The van der Waals surface area contributed by atoms with Gasteiger partial charge in [-0.25, -0.2) is 0 Å². The van der Waals surface area contributed by atoms with E-state index < -0.39 is 5.91 Å². The lowest BCUT2D eigenvalue weighted by Crippen LogP contribution is -2.39. The molecule has 1 fully saturated rings. The Labute approximate surface area is 187 Å². The van der Waals surface area contributed by atoms with Crippen molar-refractivity contribution in [3.05, 3.63) is 70.9 Å². The number of carbonyl (C=O) groups excluding carboxylic acids is 2. The predicted molar refractivity (Wildman–Crippen MR) is 121 cm³/mol. The van der Waals surface area contributed by atoms with Gasteiger partial charge in [0, 0.05) is 42.0 Å². The summed E-state index contributed by atoms with van der Waals surface area (Å²) in [5.41, 5.74) is 9.95. The van der Waals surface area contributed by atoms with Crippen LogP contribution in [0.5, 0.6) is 0 Å². The largest absolute Gasteiger partial charge is 0.366 e. The smallest absolute Gasteiger partial charge is 0.259 e. The van der Waals surface area contributed by atoms with Gasteiger partial charge in [-0.15, -0.1) is 0 Å². The average Bonchev–Trinajstić information content (AvgIpc) is 3.20. The fourth-order valence-electron chi connectivity index (χ4n) is 4.27. The van der Waals surface area contributed by atoms with E-state index in [2.05, 4.69) is 10.1 Å². The number of rotatable bonds is 5. The summed E-state index contributed by atoms with van der Waals surface area (Å²) in [5, 5.41) is 4.10. The molecule has 2 N–H and O–H groups in total. The van der Waals surface area contributed by atoms with Gasteiger partial charge in [0.25, 0.3) is 5.91 Å². The SMILES string of the molecule is Cc1onc(C(C)C)c1C(=O)N1CCCC(c2ccc(-c3cccc(C(N)=O)c3)cn2)C1. The summed E-state index contributed by atoms with van der Waals surface area (Å²) in [7, 11) is 0. The third-order valence-corrected chi connectivity index (χ3v) is 6.04. The molecule has 32 heavy (non-hydrogen) atoms. The molecule has 1 aliphatic heterocycles. The molecule has 2 aromatic heterocycles. The first-order valence-corrected chi connectivity index (χ1v) is 11.0. The fraction of sp³-hybridized carbons (Fsp3) is 0.360. The van der Waals surface area contributed by atoms with Crippen LogP contribution in [0.1, 0.15) is 76.4 Å². The molecule has 1 aliphatic rings. The van der Waals surface area contributed by atoms with Gasteiger partial charge in [0.15, 0.2) is 0 Å². The van der Waals surface area contributed by atoms with Crippen molar-refractivity contribution in [1.82, 2.24) is 15.0 Å². The van der Waals surface area contributed by atoms with Gasteiger partial charge in [0.05, 0.1) is 5.69 Å². The molecule has 4 rings (SSSR count). The number of pyridine rings is 1. The number of piperidine rings is 1. The van der Waals surface area contributed by atoms with Crippen molar-refractivity contribution in [2.45, 2.75) is 45.4 Å². The molecule has 2 amide bonds. The summed E-state index contributed by atoms with van der Waals surface area (Å²) in [4.78, 5) is 31.3. The summed E-state index contributed by atoms with van der Waals surface area (Å²) >= 11 is 0. The molecule has 1 saturated heterocycles. The number of carbonyl (C=O) groups is 2. The van der Waals surface area contributed by atoms with Crippen LogP contribution in [0.3, 0.4) is 0 Å². The van der Waals surface area contributed by atoms with E-state index in [9.17, 15) is 9.59 Å². The third-order valence-electron chi connectivity index (χ3n) is 6.04. The van der Waals surface area contributed by atoms with Crippen molar-refractivity contribution in [1.29, 1.82) is 0 Å². The van der Waals surface area contributed by atoms with Gasteiger partial charge in [0.1, 0.15) is 11.3 Å². The Morgan fingerprint density at radius 3 is 2.69 bits per heavy atom. The van der Waals surface area contributed by atoms with E-state index in [0.717, 1.165) is 41.9 Å². The highest BCUT2D eigenvalue weighted by molar-refractivity contribution is 5.96. The van der Waals surface area contributed by atoms with Gasteiger partial charge >= 0.3 is 0 Å². The monoisotopic (exact) mass is 432 g/mol. The standard InChI is InChI=1S/C25H28N4O3/c1-15(2)23-22(16(3)32-28-23)25(31)29-11-5-8-20(14-29)21-10-9-19(13-27-21)17-6-4-7-18(12-17)24(26)30/h4,6-7,9-10,12-13,15,20H,5,8,11,14H2,1-3H3,(H2,26,30). The Kier molecular flexibility index (Phi) is 6.08. The van der Waals surface area contributed by atoms with Crippen LogP contribution in [0.4, 0.5) is 0 Å². The topological polar surface area (TPSA) is 102 Å². The minimum atomic E-state index is -0.452. The molecule has 7 nitrogen and oxygen atoms in total. The van der Waals surface area contributed by atoms with Crippen molar-refractivity contribution >= 4 is 11.8 Å². The molecule has 0 aliphatic carbocycles. The van der Waals surface area contributed by atoms with Crippen LogP contribution in [0.2, 0.25) is 0 Å². The van der Waals surface area contributed by atoms with E-state index in [1.807, 2.05) is 49.2 Å². The first kappa shape index (κ1) is 21.7. The number of benzene rings is 1. The lowest BCUT2D eigenvalue weighted by atomic mass is 9.92. The molecule has 7 heteroatoms. The van der Waals surface area contributed by atoms with Crippen LogP contribution in [-0.2, 0) is 0 Å². The summed E-state index contributed by atoms with van der Waals surface area (Å²) in [6.45, 7) is 7.15. The zero-order chi connectivity index (χ0) is 22.8. The molecule has 3 heterocycles. The van der Waals surface area contributed by atoms with Crippen molar-refractivity contribution in [3.63, 3.8) is 0 Å². The highest BCUT2D eigenvalue weighted by Crippen LogP contribution is 2.30. The minimum Gasteiger partial charge on any atom is -0.366 e. The number of primary amides is 1. The summed E-state index contributed by atoms with van der Waals surface area (Å²) in [6, 6.07) is 11.2. The molecule has 0 spiro atoms. The molecular weight excluding hydrogens is 404 g/mol. The maximum absolute atomic E-state index is 13.3. The van der Waals surface area contributed by atoms with Crippen LogP contribution < -0.4 is 5.73 Å². The minimum absolute atomic E-state index is 0.0166. The van der Waals surface area contributed by atoms with Gasteiger partial charge < -0.3 is 15.2 Å². The van der Waals surface area contributed by atoms with Crippen LogP contribution in [0.15, 0.2) is 47.1 Å². The molecule has 1 unspecified atom stereocenters. The van der Waals surface area contributed by atoms with Gasteiger partial charge in [-0.05, 0) is 49.4 Å². The van der Waals surface area contributed by atoms with E-state index >= 15 is 0 Å². The quantitative estimate of drug-likeness (QED) is 0.648. The zero-order valence-corrected chi connectivity index (χ0v) is 18.7. The first-order chi connectivity index (χ1) is 15.3. The molecule has 0 radical (unpaired) electrons. The van der Waals surface area contributed by atoms with Crippen LogP contribution >= 0.6 is 0 Å². The van der Waals surface area contributed by atoms with Crippen molar-refractivity contribution < 1.29 is 14.1 Å². The second-order valence-corrected chi connectivity index (χ2v) is 8.66. The molecule has 1 atom stereocenters. The Balaban J connectivity index is 1.52. The number of nitrogens with two attached hydrogens (primary N) is 1. The molecule has 166 valence electrons. The molecule has 1 aromatic carbocycles. The third kappa shape index (κ3) is 4.28. The second-order valence-electron chi connectivity index (χ2n) is 8.66. The second kappa shape index (κ2) is 8.94. The van der Waals surface area contributed by atoms with E-state index in [-0.39, 0.29) is 17.7 Å². The number of aromatic nitrogens is 2. The average molecular weight is 433 g/mol. The Bertz CT molecular complexity index is 1130. The maximum Gasteiger partial charge on any atom is 0.259 e. The van der Waals surface area contributed by atoms with Crippen LogP contribution in [0.25, 0.3) is 11.1 Å². The summed E-state index contributed by atoms with van der Waals surface area (Å²) in [6.07, 6.45) is 3.71. The molecule has 0 saturated carbocycles. The van der Waals surface area contributed by atoms with Crippen molar-refractivity contribution in [2.24, 2.45) is 5.73 Å². The molecule has 0 bridgehead atoms. The van der Waals surface area contributed by atoms with Crippen molar-refractivity contribution in [3.8, 4) is 11.1 Å². The number of hydrogen-bond acceptors (Lipinski definition) is 5. The van der Waals surface area contributed by atoms with Gasteiger partial charge in [-0.2, -0.15) is 0 Å². The Morgan fingerprint density at radius 2 is 2.00 bits per heavy atom. The maximum atomic E-state index is 13.3. The Hall–Kier alpha value is -3.48. The number of likely N-dealkylation sites (tertiary alicyclic amines) is 1.